The second-order valence-corrected chi connectivity index (χ2v) is 6.85. The molecule has 1 saturated carbocycles. The Morgan fingerprint density at radius 3 is 2.90 bits per heavy atom. The molecule has 1 aliphatic heterocycles. The third-order valence-electron chi connectivity index (χ3n) is 4.03. The van der Waals surface area contributed by atoms with Crippen LogP contribution in [0.5, 0.6) is 0 Å². The molecule has 3 atom stereocenters. The Hall–Kier alpha value is -1.46. The van der Waals surface area contributed by atoms with Crippen LogP contribution in [0.2, 0.25) is 0 Å². The lowest BCUT2D eigenvalue weighted by atomic mass is 9.86. The summed E-state index contributed by atoms with van der Waals surface area (Å²) < 4.78 is 5.68. The van der Waals surface area contributed by atoms with Crippen molar-refractivity contribution in [2.24, 2.45) is 10.9 Å². The number of aliphatic hydroxyl groups is 1. The van der Waals surface area contributed by atoms with Crippen molar-refractivity contribution in [3.8, 4) is 0 Å². The van der Waals surface area contributed by atoms with Gasteiger partial charge in [0.25, 0.3) is 0 Å². The Balaban J connectivity index is 1.80. The predicted octanol–water partition coefficient (Wildman–Crippen LogP) is 1.34. The van der Waals surface area contributed by atoms with Gasteiger partial charge < -0.3 is 15.2 Å². The van der Waals surface area contributed by atoms with Gasteiger partial charge in [-0.15, -0.1) is 0 Å². The van der Waals surface area contributed by atoms with Gasteiger partial charge in [-0.3, -0.25) is 9.79 Å². The summed E-state index contributed by atoms with van der Waals surface area (Å²) in [5.74, 6) is 0.211. The maximum absolute atomic E-state index is 12.3. The van der Waals surface area contributed by atoms with Gasteiger partial charge in [-0.2, -0.15) is 0 Å². The summed E-state index contributed by atoms with van der Waals surface area (Å²) in [4.78, 5) is 16.9. The Bertz CT molecular complexity index is 554. The van der Waals surface area contributed by atoms with E-state index in [0.29, 0.717) is 12.4 Å². The van der Waals surface area contributed by atoms with E-state index in [4.69, 9.17) is 4.74 Å². The molecule has 21 heavy (non-hydrogen) atoms. The molecule has 5 nitrogen and oxygen atoms in total. The SMILES string of the molecule is CC(C)(C)OCC1=N[C@H]2C=C3CC[C@@H](O)C3=CC2C(=O)N1. The Morgan fingerprint density at radius 1 is 1.43 bits per heavy atom. The lowest BCUT2D eigenvalue weighted by molar-refractivity contribution is -0.123. The zero-order valence-electron chi connectivity index (χ0n) is 12.7. The van der Waals surface area contributed by atoms with E-state index < -0.39 is 6.10 Å². The van der Waals surface area contributed by atoms with E-state index in [1.54, 1.807) is 0 Å². The first kappa shape index (κ1) is 14.5. The number of hydrogen-bond acceptors (Lipinski definition) is 4. The lowest BCUT2D eigenvalue weighted by Crippen LogP contribution is -2.48. The predicted molar refractivity (Wildman–Crippen MR) is 80.0 cm³/mol. The summed E-state index contributed by atoms with van der Waals surface area (Å²) in [5, 5.41) is 12.7. The number of carbonyl (C=O) groups excluding carboxylic acids is 1. The van der Waals surface area contributed by atoms with Gasteiger partial charge in [0, 0.05) is 0 Å². The molecular weight excluding hydrogens is 268 g/mol. The fourth-order valence-corrected chi connectivity index (χ4v) is 2.95. The van der Waals surface area contributed by atoms with E-state index in [1.165, 1.54) is 0 Å². The van der Waals surface area contributed by atoms with Crippen LogP contribution in [0.25, 0.3) is 0 Å². The first-order chi connectivity index (χ1) is 9.83. The standard InChI is InChI=1S/C16H22N2O3/c1-16(2,3)21-8-14-17-12-6-9-4-5-13(19)10(9)7-11(12)15(20)18-14/h6-7,11-13,19H,4-5,8H2,1-3H3,(H,17,18,20)/t11?,12-,13+/m0/s1. The minimum atomic E-state index is -0.431. The summed E-state index contributed by atoms with van der Waals surface area (Å²) in [5.41, 5.74) is 1.78. The van der Waals surface area contributed by atoms with E-state index in [9.17, 15) is 9.90 Å². The highest BCUT2D eigenvalue weighted by Crippen LogP contribution is 2.37. The summed E-state index contributed by atoms with van der Waals surface area (Å²) in [7, 11) is 0. The van der Waals surface area contributed by atoms with Gasteiger partial charge in [0.05, 0.1) is 23.7 Å². The van der Waals surface area contributed by atoms with Crippen LogP contribution in [0, 0.1) is 5.92 Å². The van der Waals surface area contributed by atoms with Crippen molar-refractivity contribution in [2.75, 3.05) is 6.61 Å². The highest BCUT2D eigenvalue weighted by Gasteiger charge is 2.37. The molecule has 114 valence electrons. The van der Waals surface area contributed by atoms with Gasteiger partial charge in [0.15, 0.2) is 0 Å². The smallest absolute Gasteiger partial charge is 0.234 e. The fourth-order valence-electron chi connectivity index (χ4n) is 2.95. The molecule has 0 saturated heterocycles. The van der Waals surface area contributed by atoms with Gasteiger partial charge in [-0.25, -0.2) is 0 Å². The number of fused-ring (bicyclic) bond motifs is 2. The summed E-state index contributed by atoms with van der Waals surface area (Å²) in [6, 6.07) is -0.165. The zero-order valence-corrected chi connectivity index (χ0v) is 12.7. The highest BCUT2D eigenvalue weighted by atomic mass is 16.5. The molecular formula is C16H22N2O3. The molecule has 0 radical (unpaired) electrons. The largest absolute Gasteiger partial charge is 0.388 e. The molecule has 3 aliphatic rings. The summed E-state index contributed by atoms with van der Waals surface area (Å²) in [6.07, 6.45) is 5.09. The summed E-state index contributed by atoms with van der Waals surface area (Å²) in [6.45, 7) is 6.22. The quantitative estimate of drug-likeness (QED) is 0.806. The molecule has 1 heterocycles. The van der Waals surface area contributed by atoms with Gasteiger partial charge in [-0.1, -0.05) is 12.2 Å². The number of aliphatic hydroxyl groups excluding tert-OH is 1. The average Bonchev–Trinajstić information content (AvgIpc) is 2.75. The Kier molecular flexibility index (Phi) is 3.50. The third kappa shape index (κ3) is 2.94. The fraction of sp³-hybridized carbons (Fsp3) is 0.625. The van der Waals surface area contributed by atoms with Gasteiger partial charge in [0.1, 0.15) is 12.4 Å². The number of amidine groups is 1. The molecule has 0 aromatic carbocycles. The molecule has 3 rings (SSSR count). The number of amides is 1. The molecule has 2 N–H and O–H groups in total. The number of hydrogen-bond donors (Lipinski definition) is 2. The van der Waals surface area contributed by atoms with Crippen molar-refractivity contribution < 1.29 is 14.6 Å². The molecule has 0 aromatic rings. The molecule has 0 spiro atoms. The van der Waals surface area contributed by atoms with Crippen molar-refractivity contribution in [2.45, 2.75) is 51.4 Å². The van der Waals surface area contributed by atoms with Crippen molar-refractivity contribution in [3.05, 3.63) is 23.3 Å². The molecule has 1 unspecified atom stereocenters. The molecule has 0 aromatic heterocycles. The van der Waals surface area contributed by atoms with E-state index in [-0.39, 0.29) is 23.5 Å². The topological polar surface area (TPSA) is 70.9 Å². The second-order valence-electron chi connectivity index (χ2n) is 6.85. The van der Waals surface area contributed by atoms with Crippen molar-refractivity contribution >= 4 is 11.7 Å². The van der Waals surface area contributed by atoms with E-state index in [2.05, 4.69) is 10.3 Å². The third-order valence-corrected chi connectivity index (χ3v) is 4.03. The summed E-state index contributed by atoms with van der Waals surface area (Å²) >= 11 is 0. The van der Waals surface area contributed by atoms with Gasteiger partial charge >= 0.3 is 0 Å². The van der Waals surface area contributed by atoms with Crippen molar-refractivity contribution in [1.29, 1.82) is 0 Å². The first-order valence-electron chi connectivity index (χ1n) is 7.46. The number of nitrogens with one attached hydrogen (secondary N) is 1. The maximum atomic E-state index is 12.3. The zero-order chi connectivity index (χ0) is 15.2. The van der Waals surface area contributed by atoms with Crippen LogP contribution in [-0.2, 0) is 9.53 Å². The number of nitrogens with zero attached hydrogens (tertiary/aromatic N) is 1. The molecule has 5 heteroatoms. The number of ether oxygens (including phenoxy) is 1. The minimum Gasteiger partial charge on any atom is -0.388 e. The number of carbonyl (C=O) groups is 1. The monoisotopic (exact) mass is 290 g/mol. The van der Waals surface area contributed by atoms with E-state index in [0.717, 1.165) is 24.0 Å². The van der Waals surface area contributed by atoms with Crippen LogP contribution in [0.15, 0.2) is 28.3 Å². The normalized spacial score (nSPS) is 31.7. The first-order valence-corrected chi connectivity index (χ1v) is 7.46. The minimum absolute atomic E-state index is 0.0654. The lowest BCUT2D eigenvalue weighted by Gasteiger charge is -2.30. The molecule has 0 bridgehead atoms. The maximum Gasteiger partial charge on any atom is 0.234 e. The Morgan fingerprint density at radius 2 is 2.19 bits per heavy atom. The number of rotatable bonds is 2. The van der Waals surface area contributed by atoms with Gasteiger partial charge in [0.2, 0.25) is 5.91 Å². The van der Waals surface area contributed by atoms with Crippen LogP contribution in [0.3, 0.4) is 0 Å². The molecule has 1 fully saturated rings. The van der Waals surface area contributed by atoms with Crippen LogP contribution in [0.1, 0.15) is 33.6 Å². The van der Waals surface area contributed by atoms with Crippen LogP contribution in [-0.4, -0.2) is 41.2 Å². The van der Waals surface area contributed by atoms with E-state index >= 15 is 0 Å². The van der Waals surface area contributed by atoms with Crippen LogP contribution in [0.4, 0.5) is 0 Å². The van der Waals surface area contributed by atoms with E-state index in [1.807, 2.05) is 32.9 Å². The Labute approximate surface area is 124 Å². The highest BCUT2D eigenvalue weighted by molar-refractivity contribution is 6.03. The van der Waals surface area contributed by atoms with Gasteiger partial charge in [-0.05, 0) is 44.8 Å². The second kappa shape index (κ2) is 5.07. The van der Waals surface area contributed by atoms with Crippen LogP contribution < -0.4 is 5.32 Å². The van der Waals surface area contributed by atoms with Crippen LogP contribution >= 0.6 is 0 Å². The molecule has 1 amide bonds. The van der Waals surface area contributed by atoms with Crippen molar-refractivity contribution in [1.82, 2.24) is 5.32 Å². The van der Waals surface area contributed by atoms with Crippen molar-refractivity contribution in [3.63, 3.8) is 0 Å². The molecule has 2 aliphatic carbocycles. The average molecular weight is 290 g/mol. The number of aliphatic imine (C=N–C) groups is 1.